The molecule has 5 aromatic rings. The van der Waals surface area contributed by atoms with E-state index in [1.165, 1.54) is 0 Å². The molecule has 2 bridgehead atoms. The van der Waals surface area contributed by atoms with Crippen LogP contribution >= 0.6 is 0 Å². The molecular weight excluding hydrogens is 519 g/mol. The highest BCUT2D eigenvalue weighted by Crippen LogP contribution is 2.37. The quantitative estimate of drug-likeness (QED) is 0.298. The van der Waals surface area contributed by atoms with Gasteiger partial charge in [0.2, 0.25) is 0 Å². The topological polar surface area (TPSA) is 96.3 Å². The SMILES string of the molecule is Cc1cccc(CCOc2nc(N3CCC4CNC(C4)C3)c3cnc(-c4cc(O)cc5ccccc45)c(F)c3n2)n1. The second kappa shape index (κ2) is 10.6. The van der Waals surface area contributed by atoms with Crippen LogP contribution in [0.2, 0.25) is 0 Å². The molecule has 2 aromatic carbocycles. The molecule has 2 aliphatic rings. The third-order valence-corrected chi connectivity index (χ3v) is 8.14. The highest BCUT2D eigenvalue weighted by atomic mass is 19.1. The molecule has 2 aliphatic heterocycles. The van der Waals surface area contributed by atoms with Gasteiger partial charge >= 0.3 is 6.01 Å². The van der Waals surface area contributed by atoms with E-state index in [0.717, 1.165) is 54.6 Å². The maximum absolute atomic E-state index is 16.5. The van der Waals surface area contributed by atoms with Gasteiger partial charge in [-0.1, -0.05) is 30.3 Å². The molecule has 8 nitrogen and oxygen atoms in total. The largest absolute Gasteiger partial charge is 0.508 e. The summed E-state index contributed by atoms with van der Waals surface area (Å²) in [5.41, 5.74) is 2.63. The van der Waals surface area contributed by atoms with Gasteiger partial charge in [-0.15, -0.1) is 0 Å². The zero-order chi connectivity index (χ0) is 27.9. The van der Waals surface area contributed by atoms with E-state index >= 15 is 4.39 Å². The number of hydrogen-bond donors (Lipinski definition) is 2. The summed E-state index contributed by atoms with van der Waals surface area (Å²) in [6.07, 6.45) is 4.40. The maximum atomic E-state index is 16.5. The van der Waals surface area contributed by atoms with Gasteiger partial charge in [0.15, 0.2) is 5.82 Å². The number of aromatic nitrogens is 4. The van der Waals surface area contributed by atoms with E-state index in [1.54, 1.807) is 18.3 Å². The van der Waals surface area contributed by atoms with Crippen molar-refractivity contribution in [1.82, 2.24) is 25.3 Å². The summed E-state index contributed by atoms with van der Waals surface area (Å²) in [6.45, 7) is 4.90. The molecule has 41 heavy (non-hydrogen) atoms. The number of fused-ring (bicyclic) bond motifs is 4. The van der Waals surface area contributed by atoms with E-state index in [1.807, 2.05) is 49.4 Å². The van der Waals surface area contributed by atoms with Crippen LogP contribution in [0.15, 0.2) is 60.8 Å². The molecule has 0 spiro atoms. The Morgan fingerprint density at radius 2 is 1.98 bits per heavy atom. The smallest absolute Gasteiger partial charge is 0.319 e. The fraction of sp³-hybridized carbons (Fsp3) is 0.312. The molecule has 5 heterocycles. The van der Waals surface area contributed by atoms with Crippen molar-refractivity contribution >= 4 is 27.5 Å². The molecule has 208 valence electrons. The first kappa shape index (κ1) is 25.6. The van der Waals surface area contributed by atoms with Gasteiger partial charge in [0.25, 0.3) is 0 Å². The zero-order valence-corrected chi connectivity index (χ0v) is 22.8. The summed E-state index contributed by atoms with van der Waals surface area (Å²) in [6, 6.07) is 17.1. The van der Waals surface area contributed by atoms with Gasteiger partial charge in [-0.25, -0.2) is 4.39 Å². The number of halogens is 1. The van der Waals surface area contributed by atoms with Crippen LogP contribution < -0.4 is 15.0 Å². The fourth-order valence-corrected chi connectivity index (χ4v) is 6.14. The van der Waals surface area contributed by atoms with Crippen LogP contribution in [0.4, 0.5) is 10.2 Å². The van der Waals surface area contributed by atoms with Crippen molar-refractivity contribution in [1.29, 1.82) is 0 Å². The van der Waals surface area contributed by atoms with E-state index < -0.39 is 5.82 Å². The van der Waals surface area contributed by atoms with Crippen LogP contribution in [-0.2, 0) is 6.42 Å². The highest BCUT2D eigenvalue weighted by Gasteiger charge is 2.31. The van der Waals surface area contributed by atoms with Crippen molar-refractivity contribution in [3.63, 3.8) is 0 Å². The number of benzene rings is 2. The molecule has 2 saturated heterocycles. The minimum atomic E-state index is -0.568. The number of pyridine rings is 2. The molecule has 0 amide bonds. The number of rotatable bonds is 6. The lowest BCUT2D eigenvalue weighted by Crippen LogP contribution is -2.39. The fourth-order valence-electron chi connectivity index (χ4n) is 6.14. The van der Waals surface area contributed by atoms with Crippen molar-refractivity contribution in [2.75, 3.05) is 31.1 Å². The first-order valence-electron chi connectivity index (χ1n) is 14.1. The highest BCUT2D eigenvalue weighted by molar-refractivity contribution is 5.99. The zero-order valence-electron chi connectivity index (χ0n) is 22.8. The van der Waals surface area contributed by atoms with Crippen molar-refractivity contribution in [2.45, 2.75) is 32.2 Å². The van der Waals surface area contributed by atoms with Crippen molar-refractivity contribution in [3.8, 4) is 23.0 Å². The van der Waals surface area contributed by atoms with Crippen LogP contribution in [0.25, 0.3) is 32.9 Å². The minimum Gasteiger partial charge on any atom is -0.508 e. The van der Waals surface area contributed by atoms with E-state index in [9.17, 15) is 5.11 Å². The third-order valence-electron chi connectivity index (χ3n) is 8.14. The molecule has 9 heteroatoms. The Bertz CT molecular complexity index is 1760. The van der Waals surface area contributed by atoms with Gasteiger partial charge < -0.3 is 20.1 Å². The average molecular weight is 551 g/mol. The van der Waals surface area contributed by atoms with Gasteiger partial charge in [-0.2, -0.15) is 9.97 Å². The summed E-state index contributed by atoms with van der Waals surface area (Å²) in [5, 5.41) is 16.1. The molecular formula is C32H31FN6O2. The van der Waals surface area contributed by atoms with Crippen LogP contribution in [0.1, 0.15) is 24.2 Å². The first-order valence-corrected chi connectivity index (χ1v) is 14.1. The lowest BCUT2D eigenvalue weighted by molar-refractivity contribution is 0.296. The van der Waals surface area contributed by atoms with Crippen molar-refractivity contribution in [2.24, 2.45) is 5.92 Å². The monoisotopic (exact) mass is 550 g/mol. The minimum absolute atomic E-state index is 0.0456. The lowest BCUT2D eigenvalue weighted by Gasteiger charge is -2.27. The van der Waals surface area contributed by atoms with E-state index in [2.05, 4.69) is 25.2 Å². The number of aromatic hydroxyl groups is 1. The van der Waals surface area contributed by atoms with Gasteiger partial charge in [-0.05, 0) is 67.3 Å². The molecule has 0 saturated carbocycles. The number of ether oxygens (including phenoxy) is 1. The summed E-state index contributed by atoms with van der Waals surface area (Å²) in [7, 11) is 0. The van der Waals surface area contributed by atoms with E-state index in [4.69, 9.17) is 9.72 Å². The van der Waals surface area contributed by atoms with Gasteiger partial charge in [0.1, 0.15) is 22.8 Å². The number of hydrogen-bond acceptors (Lipinski definition) is 8. The van der Waals surface area contributed by atoms with Gasteiger partial charge in [0, 0.05) is 48.7 Å². The first-order chi connectivity index (χ1) is 20.0. The van der Waals surface area contributed by atoms with Crippen molar-refractivity contribution < 1.29 is 14.2 Å². The van der Waals surface area contributed by atoms with Crippen LogP contribution in [0.5, 0.6) is 11.8 Å². The Kier molecular flexibility index (Phi) is 6.59. The second-order valence-corrected chi connectivity index (χ2v) is 11.0. The summed E-state index contributed by atoms with van der Waals surface area (Å²) in [5.74, 6) is 0.744. The van der Waals surface area contributed by atoms with Crippen molar-refractivity contribution in [3.05, 3.63) is 78.0 Å². The molecule has 2 N–H and O–H groups in total. The number of nitrogens with one attached hydrogen (secondary N) is 1. The number of phenolic OH excluding ortho intramolecular Hbond substituents is 1. The maximum Gasteiger partial charge on any atom is 0.319 e. The Hall–Kier alpha value is -4.37. The third kappa shape index (κ3) is 5.02. The standard InChI is InChI=1S/C32H31FN6O2/c1-19-5-4-7-22(36-19)10-12-41-32-37-30-27(31(38-32)39-11-9-20-13-23(18-39)34-16-20)17-35-29(28(30)33)26-15-24(40)14-21-6-2-3-8-25(21)26/h2-8,14-15,17,20,23,34,40H,9-13,16,18H2,1H3. The van der Waals surface area contributed by atoms with E-state index in [0.29, 0.717) is 41.8 Å². The Balaban J connectivity index is 1.31. The van der Waals surface area contributed by atoms with Gasteiger partial charge in [0.05, 0.1) is 12.0 Å². The summed E-state index contributed by atoms with van der Waals surface area (Å²) < 4.78 is 22.5. The molecule has 2 unspecified atom stereocenters. The second-order valence-electron chi connectivity index (χ2n) is 11.0. The normalized spacial score (nSPS) is 18.6. The number of aryl methyl sites for hydroxylation is 1. The van der Waals surface area contributed by atoms with Crippen LogP contribution in [0, 0.1) is 18.7 Å². The molecule has 0 aliphatic carbocycles. The summed E-state index contributed by atoms with van der Waals surface area (Å²) in [4.78, 5) is 20.7. The van der Waals surface area contributed by atoms with Gasteiger partial charge in [-0.3, -0.25) is 9.97 Å². The van der Waals surface area contributed by atoms with Crippen LogP contribution in [0.3, 0.4) is 0 Å². The number of anilines is 1. The Labute approximate surface area is 237 Å². The average Bonchev–Trinajstić information content (AvgIpc) is 3.31. The predicted octanol–water partition coefficient (Wildman–Crippen LogP) is 5.20. The Morgan fingerprint density at radius 1 is 1.07 bits per heavy atom. The molecule has 3 aromatic heterocycles. The molecule has 2 fully saturated rings. The number of phenols is 1. The molecule has 2 atom stereocenters. The van der Waals surface area contributed by atoms with Crippen LogP contribution in [-0.4, -0.2) is 57.3 Å². The Morgan fingerprint density at radius 3 is 2.88 bits per heavy atom. The molecule has 7 rings (SSSR count). The van der Waals surface area contributed by atoms with E-state index in [-0.39, 0.29) is 23.0 Å². The lowest BCUT2D eigenvalue weighted by atomic mass is 10.0. The predicted molar refractivity (Wildman–Crippen MR) is 157 cm³/mol. The number of nitrogens with zero attached hydrogens (tertiary/aromatic N) is 5. The summed E-state index contributed by atoms with van der Waals surface area (Å²) >= 11 is 0. The molecule has 0 radical (unpaired) electrons.